The summed E-state index contributed by atoms with van der Waals surface area (Å²) in [7, 11) is 0. The van der Waals surface area contributed by atoms with Crippen LogP contribution in [0, 0.1) is 17.2 Å². The van der Waals surface area contributed by atoms with E-state index in [4.69, 9.17) is 16.3 Å². The minimum atomic E-state index is -0.748. The first-order chi connectivity index (χ1) is 10.1. The quantitative estimate of drug-likeness (QED) is 0.933. The number of hydrogen-bond donors (Lipinski definition) is 1. The first-order valence-electron chi connectivity index (χ1n) is 7.20. The molecule has 1 saturated carbocycles. The number of amides is 1. The SMILES string of the molecule is N#CC1(NC(=O)C2CC2c2ccc(Cl)cc2)CCOCC1. The molecule has 0 radical (unpaired) electrons. The molecule has 2 aliphatic rings. The van der Waals surface area contributed by atoms with Crippen LogP contribution in [0.4, 0.5) is 0 Å². The molecule has 1 aromatic carbocycles. The minimum Gasteiger partial charge on any atom is -0.381 e. The number of halogens is 1. The molecule has 0 spiro atoms. The fraction of sp³-hybridized carbons (Fsp3) is 0.500. The van der Waals surface area contributed by atoms with Crippen molar-refractivity contribution >= 4 is 17.5 Å². The number of nitrogens with zero attached hydrogens (tertiary/aromatic N) is 1. The molecule has 1 aliphatic carbocycles. The smallest absolute Gasteiger partial charge is 0.224 e. The van der Waals surface area contributed by atoms with Gasteiger partial charge in [0, 0.05) is 37.0 Å². The second kappa shape index (κ2) is 5.67. The molecule has 1 aromatic rings. The molecule has 21 heavy (non-hydrogen) atoms. The molecule has 1 saturated heterocycles. The maximum Gasteiger partial charge on any atom is 0.224 e. The Morgan fingerprint density at radius 2 is 2.00 bits per heavy atom. The van der Waals surface area contributed by atoms with Crippen LogP contribution < -0.4 is 5.32 Å². The summed E-state index contributed by atoms with van der Waals surface area (Å²) in [5, 5.41) is 13.0. The lowest BCUT2D eigenvalue weighted by Crippen LogP contribution is -2.51. The highest BCUT2D eigenvalue weighted by atomic mass is 35.5. The highest BCUT2D eigenvalue weighted by Gasteiger charge is 2.46. The fourth-order valence-corrected chi connectivity index (χ4v) is 3.00. The van der Waals surface area contributed by atoms with E-state index in [-0.39, 0.29) is 17.7 Å². The molecule has 2 unspecified atom stereocenters. The molecule has 1 heterocycles. The van der Waals surface area contributed by atoms with Crippen molar-refractivity contribution in [1.82, 2.24) is 5.32 Å². The molecule has 2 atom stereocenters. The monoisotopic (exact) mass is 304 g/mol. The van der Waals surface area contributed by atoms with Crippen LogP contribution in [0.1, 0.15) is 30.7 Å². The van der Waals surface area contributed by atoms with Crippen molar-refractivity contribution in [3.8, 4) is 6.07 Å². The molecule has 0 aromatic heterocycles. The normalized spacial score (nSPS) is 26.7. The van der Waals surface area contributed by atoms with Crippen molar-refractivity contribution < 1.29 is 9.53 Å². The third-order valence-corrected chi connectivity index (χ3v) is 4.60. The van der Waals surface area contributed by atoms with Crippen molar-refractivity contribution in [2.24, 2.45) is 5.92 Å². The van der Waals surface area contributed by atoms with Crippen LogP contribution in [-0.4, -0.2) is 24.7 Å². The summed E-state index contributed by atoms with van der Waals surface area (Å²) in [6, 6.07) is 9.89. The van der Waals surface area contributed by atoms with Gasteiger partial charge in [-0.15, -0.1) is 0 Å². The second-order valence-corrected chi connectivity index (χ2v) is 6.23. The van der Waals surface area contributed by atoms with E-state index in [0.29, 0.717) is 31.1 Å². The van der Waals surface area contributed by atoms with Gasteiger partial charge < -0.3 is 10.1 Å². The van der Waals surface area contributed by atoms with E-state index in [0.717, 1.165) is 12.0 Å². The lowest BCUT2D eigenvalue weighted by molar-refractivity contribution is -0.124. The number of nitriles is 1. The average Bonchev–Trinajstić information content (AvgIpc) is 3.29. The van der Waals surface area contributed by atoms with Crippen molar-refractivity contribution in [3.05, 3.63) is 34.9 Å². The number of carbonyl (C=O) groups is 1. The molecule has 4 nitrogen and oxygen atoms in total. The molecule has 1 amide bonds. The zero-order chi connectivity index (χ0) is 14.9. The van der Waals surface area contributed by atoms with Gasteiger partial charge in [-0.1, -0.05) is 23.7 Å². The number of ether oxygens (including phenoxy) is 1. The number of rotatable bonds is 3. The van der Waals surface area contributed by atoms with Gasteiger partial charge >= 0.3 is 0 Å². The summed E-state index contributed by atoms with van der Waals surface area (Å²) in [6.45, 7) is 1.05. The Morgan fingerprint density at radius 1 is 1.33 bits per heavy atom. The van der Waals surface area contributed by atoms with Crippen LogP contribution in [0.3, 0.4) is 0 Å². The molecular formula is C16H17ClN2O2. The number of benzene rings is 1. The van der Waals surface area contributed by atoms with E-state index < -0.39 is 5.54 Å². The van der Waals surface area contributed by atoms with Gasteiger partial charge in [-0.05, 0) is 30.0 Å². The van der Waals surface area contributed by atoms with Gasteiger partial charge in [0.15, 0.2) is 0 Å². The van der Waals surface area contributed by atoms with Gasteiger partial charge in [-0.25, -0.2) is 0 Å². The minimum absolute atomic E-state index is 0.0154. The summed E-state index contributed by atoms with van der Waals surface area (Å²) in [6.07, 6.45) is 1.96. The zero-order valence-corrected chi connectivity index (χ0v) is 12.4. The van der Waals surface area contributed by atoms with E-state index in [1.807, 2.05) is 24.3 Å². The lowest BCUT2D eigenvalue weighted by Gasteiger charge is -2.31. The van der Waals surface area contributed by atoms with E-state index in [1.54, 1.807) is 0 Å². The highest BCUT2D eigenvalue weighted by molar-refractivity contribution is 6.30. The Kier molecular flexibility index (Phi) is 3.88. The predicted octanol–water partition coefficient (Wildman–Crippen LogP) is 2.63. The maximum absolute atomic E-state index is 12.4. The van der Waals surface area contributed by atoms with Crippen LogP contribution in [0.15, 0.2) is 24.3 Å². The number of hydrogen-bond acceptors (Lipinski definition) is 3. The highest BCUT2D eigenvalue weighted by Crippen LogP contribution is 2.48. The number of carbonyl (C=O) groups excluding carboxylic acids is 1. The van der Waals surface area contributed by atoms with Gasteiger partial charge in [0.25, 0.3) is 0 Å². The Hall–Kier alpha value is -1.57. The maximum atomic E-state index is 12.4. The summed E-state index contributed by atoms with van der Waals surface area (Å²) < 4.78 is 5.27. The van der Waals surface area contributed by atoms with Crippen LogP contribution in [0.5, 0.6) is 0 Å². The zero-order valence-electron chi connectivity index (χ0n) is 11.6. The first kappa shape index (κ1) is 14.4. The summed E-state index contributed by atoms with van der Waals surface area (Å²) >= 11 is 5.87. The third-order valence-electron chi connectivity index (χ3n) is 4.35. The van der Waals surface area contributed by atoms with Crippen molar-refractivity contribution in [3.63, 3.8) is 0 Å². The Morgan fingerprint density at radius 3 is 2.62 bits per heavy atom. The molecule has 110 valence electrons. The van der Waals surface area contributed by atoms with Crippen LogP contribution in [-0.2, 0) is 9.53 Å². The van der Waals surface area contributed by atoms with Gasteiger partial charge in [-0.2, -0.15) is 5.26 Å². The van der Waals surface area contributed by atoms with Crippen molar-refractivity contribution in [2.75, 3.05) is 13.2 Å². The first-order valence-corrected chi connectivity index (χ1v) is 7.58. The predicted molar refractivity (Wildman–Crippen MR) is 78.8 cm³/mol. The molecule has 0 bridgehead atoms. The van der Waals surface area contributed by atoms with E-state index >= 15 is 0 Å². The van der Waals surface area contributed by atoms with E-state index in [9.17, 15) is 10.1 Å². The summed E-state index contributed by atoms with van der Waals surface area (Å²) in [4.78, 5) is 12.4. The van der Waals surface area contributed by atoms with Crippen molar-refractivity contribution in [2.45, 2.75) is 30.7 Å². The van der Waals surface area contributed by atoms with Crippen LogP contribution >= 0.6 is 11.6 Å². The third kappa shape index (κ3) is 3.04. The molecular weight excluding hydrogens is 288 g/mol. The van der Waals surface area contributed by atoms with Gasteiger partial charge in [-0.3, -0.25) is 4.79 Å². The van der Waals surface area contributed by atoms with E-state index in [1.165, 1.54) is 0 Å². The fourth-order valence-electron chi connectivity index (χ4n) is 2.88. The molecule has 2 fully saturated rings. The standard InChI is InChI=1S/C16H17ClN2O2/c17-12-3-1-11(2-4-12)13-9-14(13)15(20)19-16(10-18)5-7-21-8-6-16/h1-4,13-14H,5-9H2,(H,19,20). The van der Waals surface area contributed by atoms with Gasteiger partial charge in [0.2, 0.25) is 5.91 Å². The second-order valence-electron chi connectivity index (χ2n) is 5.80. The molecule has 1 aliphatic heterocycles. The van der Waals surface area contributed by atoms with Gasteiger partial charge in [0.1, 0.15) is 5.54 Å². The van der Waals surface area contributed by atoms with E-state index in [2.05, 4.69) is 11.4 Å². The molecule has 5 heteroatoms. The van der Waals surface area contributed by atoms with Gasteiger partial charge in [0.05, 0.1) is 6.07 Å². The van der Waals surface area contributed by atoms with Crippen molar-refractivity contribution in [1.29, 1.82) is 5.26 Å². The van der Waals surface area contributed by atoms with Crippen LogP contribution in [0.25, 0.3) is 0 Å². The Labute approximate surface area is 129 Å². The van der Waals surface area contributed by atoms with Crippen LogP contribution in [0.2, 0.25) is 5.02 Å². The molecule has 1 N–H and O–H groups in total. The largest absolute Gasteiger partial charge is 0.381 e. The summed E-state index contributed by atoms with van der Waals surface area (Å²) in [5.74, 6) is 0.204. The Bertz CT molecular complexity index is 573. The Balaban J connectivity index is 1.62. The summed E-state index contributed by atoms with van der Waals surface area (Å²) in [5.41, 5.74) is 0.389. The lowest BCUT2D eigenvalue weighted by atomic mass is 9.91. The molecule has 3 rings (SSSR count). The average molecular weight is 305 g/mol. The number of nitrogens with one attached hydrogen (secondary N) is 1. The topological polar surface area (TPSA) is 62.1 Å².